The molecule has 0 bridgehead atoms. The molecular formula is C21H16ClFN2O4. The van der Waals surface area contributed by atoms with Crippen molar-refractivity contribution in [2.75, 3.05) is 12.4 Å². The number of methoxy groups -OCH3 is 1. The van der Waals surface area contributed by atoms with Crippen molar-refractivity contribution in [2.24, 2.45) is 0 Å². The molecule has 2 aromatic carbocycles. The van der Waals surface area contributed by atoms with Gasteiger partial charge in [-0.1, -0.05) is 29.8 Å². The van der Waals surface area contributed by atoms with Crippen molar-refractivity contribution in [1.29, 1.82) is 0 Å². The number of benzene rings is 2. The van der Waals surface area contributed by atoms with E-state index >= 15 is 0 Å². The third-order valence-electron chi connectivity index (χ3n) is 4.24. The Kier molecular flexibility index (Phi) is 6.09. The summed E-state index contributed by atoms with van der Waals surface area (Å²) in [4.78, 5) is 37.3. The Hall–Kier alpha value is -3.45. The van der Waals surface area contributed by atoms with Crippen LogP contribution in [0.25, 0.3) is 0 Å². The highest BCUT2D eigenvalue weighted by Crippen LogP contribution is 2.20. The van der Waals surface area contributed by atoms with Crippen molar-refractivity contribution in [1.82, 2.24) is 4.57 Å². The predicted octanol–water partition coefficient (Wildman–Crippen LogP) is 3.73. The van der Waals surface area contributed by atoms with E-state index in [0.717, 1.165) is 0 Å². The Labute approximate surface area is 170 Å². The molecule has 1 amide bonds. The van der Waals surface area contributed by atoms with Gasteiger partial charge in [-0.05, 0) is 36.4 Å². The molecule has 1 heterocycles. The van der Waals surface area contributed by atoms with Crippen molar-refractivity contribution >= 4 is 29.2 Å². The molecule has 29 heavy (non-hydrogen) atoms. The second-order valence-corrected chi connectivity index (χ2v) is 6.45. The average molecular weight is 415 g/mol. The minimum Gasteiger partial charge on any atom is -0.465 e. The number of hydrogen-bond acceptors (Lipinski definition) is 4. The van der Waals surface area contributed by atoms with Gasteiger partial charge in [-0.3, -0.25) is 9.59 Å². The molecule has 0 fully saturated rings. The van der Waals surface area contributed by atoms with Crippen molar-refractivity contribution in [3.05, 3.63) is 98.7 Å². The van der Waals surface area contributed by atoms with E-state index in [2.05, 4.69) is 5.32 Å². The van der Waals surface area contributed by atoms with Crippen LogP contribution in [-0.4, -0.2) is 23.6 Å². The van der Waals surface area contributed by atoms with Gasteiger partial charge in [-0.25, -0.2) is 9.18 Å². The highest BCUT2D eigenvalue weighted by molar-refractivity contribution is 6.31. The maximum Gasteiger partial charge on any atom is 0.339 e. The van der Waals surface area contributed by atoms with Crippen LogP contribution in [0.1, 0.15) is 26.3 Å². The first-order chi connectivity index (χ1) is 13.9. The van der Waals surface area contributed by atoms with Gasteiger partial charge in [-0.15, -0.1) is 0 Å². The van der Waals surface area contributed by atoms with E-state index in [4.69, 9.17) is 16.3 Å². The summed E-state index contributed by atoms with van der Waals surface area (Å²) in [7, 11) is 1.23. The number of carbonyl (C=O) groups is 2. The Balaban J connectivity index is 1.91. The Morgan fingerprint density at radius 3 is 2.52 bits per heavy atom. The van der Waals surface area contributed by atoms with Gasteiger partial charge in [0.15, 0.2) is 0 Å². The maximum absolute atomic E-state index is 14.0. The van der Waals surface area contributed by atoms with E-state index < -0.39 is 23.3 Å². The predicted molar refractivity (Wildman–Crippen MR) is 107 cm³/mol. The standard InChI is InChI=1S/C21H16ClFN2O4/c1-29-21(28)13-6-2-3-10-18(13)24-19(26)14-7-5-11-25(20(14)27)12-15-16(22)8-4-9-17(15)23/h2-11H,12H2,1H3,(H,24,26). The third-order valence-corrected chi connectivity index (χ3v) is 4.59. The number of rotatable bonds is 5. The first-order valence-corrected chi connectivity index (χ1v) is 8.91. The number of amides is 1. The number of esters is 1. The van der Waals surface area contributed by atoms with Gasteiger partial charge in [-0.2, -0.15) is 0 Å². The molecule has 1 N–H and O–H groups in total. The van der Waals surface area contributed by atoms with Crippen LogP contribution >= 0.6 is 11.6 Å². The van der Waals surface area contributed by atoms with Crippen molar-refractivity contribution in [3.8, 4) is 0 Å². The second-order valence-electron chi connectivity index (χ2n) is 6.05. The van der Waals surface area contributed by atoms with Crippen LogP contribution in [-0.2, 0) is 11.3 Å². The molecule has 0 aliphatic carbocycles. The van der Waals surface area contributed by atoms with Crippen LogP contribution in [0.15, 0.2) is 65.6 Å². The summed E-state index contributed by atoms with van der Waals surface area (Å²) in [6.07, 6.45) is 1.43. The lowest BCUT2D eigenvalue weighted by Crippen LogP contribution is -2.29. The van der Waals surface area contributed by atoms with Crippen LogP contribution in [0, 0.1) is 5.82 Å². The number of hydrogen-bond donors (Lipinski definition) is 1. The zero-order valence-electron chi connectivity index (χ0n) is 15.3. The van der Waals surface area contributed by atoms with Crippen molar-refractivity contribution in [2.45, 2.75) is 6.54 Å². The first kappa shape index (κ1) is 20.3. The molecule has 0 aliphatic heterocycles. The van der Waals surface area contributed by atoms with E-state index in [1.165, 1.54) is 60.3 Å². The van der Waals surface area contributed by atoms with Crippen LogP contribution in [0.2, 0.25) is 5.02 Å². The number of ether oxygens (including phenoxy) is 1. The highest BCUT2D eigenvalue weighted by Gasteiger charge is 2.18. The molecule has 3 aromatic rings. The zero-order chi connectivity index (χ0) is 21.0. The van der Waals surface area contributed by atoms with Crippen LogP contribution in [0.3, 0.4) is 0 Å². The van der Waals surface area contributed by atoms with Crippen LogP contribution in [0.5, 0.6) is 0 Å². The number of nitrogens with zero attached hydrogens (tertiary/aromatic N) is 1. The van der Waals surface area contributed by atoms with Gasteiger partial charge in [0.25, 0.3) is 11.5 Å². The van der Waals surface area contributed by atoms with Gasteiger partial charge < -0.3 is 14.6 Å². The molecule has 0 unspecified atom stereocenters. The van der Waals surface area contributed by atoms with Crippen LogP contribution < -0.4 is 10.9 Å². The van der Waals surface area contributed by atoms with E-state index in [-0.39, 0.29) is 33.9 Å². The fourth-order valence-corrected chi connectivity index (χ4v) is 2.98. The molecule has 0 aliphatic rings. The van der Waals surface area contributed by atoms with E-state index in [0.29, 0.717) is 0 Å². The summed E-state index contributed by atoms with van der Waals surface area (Å²) >= 11 is 6.02. The largest absolute Gasteiger partial charge is 0.465 e. The molecule has 148 valence electrons. The van der Waals surface area contributed by atoms with Crippen molar-refractivity contribution in [3.63, 3.8) is 0 Å². The molecule has 0 atom stereocenters. The summed E-state index contributed by atoms with van der Waals surface area (Å²) in [5.74, 6) is -1.88. The lowest BCUT2D eigenvalue weighted by atomic mass is 10.1. The monoisotopic (exact) mass is 414 g/mol. The number of aromatic nitrogens is 1. The molecule has 8 heteroatoms. The SMILES string of the molecule is COC(=O)c1ccccc1NC(=O)c1cccn(Cc2c(F)cccc2Cl)c1=O. The molecule has 0 radical (unpaired) electrons. The van der Waals surface area contributed by atoms with Gasteiger partial charge in [0.1, 0.15) is 11.4 Å². The van der Waals surface area contributed by atoms with Gasteiger partial charge in [0.05, 0.1) is 24.9 Å². The Morgan fingerprint density at radius 1 is 1.07 bits per heavy atom. The number of nitrogens with one attached hydrogen (secondary N) is 1. The number of carbonyl (C=O) groups excluding carboxylic acids is 2. The zero-order valence-corrected chi connectivity index (χ0v) is 16.1. The fourth-order valence-electron chi connectivity index (χ4n) is 2.76. The van der Waals surface area contributed by atoms with Gasteiger partial charge >= 0.3 is 5.97 Å². The minimum atomic E-state index is -0.708. The lowest BCUT2D eigenvalue weighted by Gasteiger charge is -2.12. The summed E-state index contributed by atoms with van der Waals surface area (Å²) < 4.78 is 19.9. The molecule has 0 saturated heterocycles. The van der Waals surface area contributed by atoms with E-state index in [9.17, 15) is 18.8 Å². The molecule has 0 saturated carbocycles. The number of halogens is 2. The lowest BCUT2D eigenvalue weighted by molar-refractivity contribution is 0.0602. The smallest absolute Gasteiger partial charge is 0.339 e. The molecule has 0 spiro atoms. The fraction of sp³-hybridized carbons (Fsp3) is 0.0952. The quantitative estimate of drug-likeness (QED) is 0.645. The van der Waals surface area contributed by atoms with Crippen molar-refractivity contribution < 1.29 is 18.7 Å². The summed E-state index contributed by atoms with van der Waals surface area (Å²) in [5.41, 5.74) is -0.293. The Morgan fingerprint density at radius 2 is 1.79 bits per heavy atom. The third kappa shape index (κ3) is 4.35. The van der Waals surface area contributed by atoms with Crippen LogP contribution in [0.4, 0.5) is 10.1 Å². The second kappa shape index (κ2) is 8.70. The first-order valence-electron chi connectivity index (χ1n) is 8.53. The molecule has 1 aromatic heterocycles. The van der Waals surface area contributed by atoms with Gasteiger partial charge in [0, 0.05) is 16.8 Å². The number of pyridine rings is 1. The summed E-state index contributed by atoms with van der Waals surface area (Å²) in [6, 6.07) is 13.3. The Bertz CT molecular complexity index is 1120. The topological polar surface area (TPSA) is 77.4 Å². The maximum atomic E-state index is 14.0. The number of para-hydroxylation sites is 1. The van der Waals surface area contributed by atoms with E-state index in [1.807, 2.05) is 0 Å². The summed E-state index contributed by atoms with van der Waals surface area (Å²) in [6.45, 7) is -0.135. The molecule has 3 rings (SSSR count). The average Bonchev–Trinajstić information content (AvgIpc) is 2.71. The number of anilines is 1. The van der Waals surface area contributed by atoms with E-state index in [1.54, 1.807) is 12.1 Å². The minimum absolute atomic E-state index is 0.135. The molecular weight excluding hydrogens is 399 g/mol. The highest BCUT2D eigenvalue weighted by atomic mass is 35.5. The normalized spacial score (nSPS) is 10.4. The molecule has 6 nitrogen and oxygen atoms in total. The van der Waals surface area contributed by atoms with Gasteiger partial charge in [0.2, 0.25) is 0 Å². The summed E-state index contributed by atoms with van der Waals surface area (Å²) in [5, 5.41) is 2.72.